The summed E-state index contributed by atoms with van der Waals surface area (Å²) in [7, 11) is 1.50. The summed E-state index contributed by atoms with van der Waals surface area (Å²) >= 11 is 0. The van der Waals surface area contributed by atoms with E-state index in [1.807, 2.05) is 26.0 Å². The third-order valence-electron chi connectivity index (χ3n) is 1.33. The lowest BCUT2D eigenvalue weighted by Crippen LogP contribution is -2.01. The van der Waals surface area contributed by atoms with E-state index in [2.05, 4.69) is 11.7 Å². The zero-order chi connectivity index (χ0) is 13.6. The smallest absolute Gasteiger partial charge is 0.0836 e. The van der Waals surface area contributed by atoms with E-state index in [9.17, 15) is 4.39 Å². The van der Waals surface area contributed by atoms with Crippen LogP contribution in [0.15, 0.2) is 28.4 Å². The average molecular weight is 229 g/mol. The van der Waals surface area contributed by atoms with Gasteiger partial charge in [0.2, 0.25) is 0 Å². The number of aliphatic hydroxyl groups is 1. The number of allylic oxidation sites excluding steroid dienone is 3. The Labute approximate surface area is 96.2 Å². The molecule has 92 valence electrons. The zero-order valence-corrected chi connectivity index (χ0v) is 10.2. The van der Waals surface area contributed by atoms with Gasteiger partial charge in [0.1, 0.15) is 0 Å². The summed E-state index contributed by atoms with van der Waals surface area (Å²) in [5, 5.41) is 19.9. The van der Waals surface area contributed by atoms with Crippen LogP contribution in [0, 0.1) is 10.8 Å². The van der Waals surface area contributed by atoms with Crippen molar-refractivity contribution in [1.29, 1.82) is 10.8 Å². The number of dihydropyridines is 1. The molecule has 0 aromatic rings. The molecule has 0 bridgehead atoms. The third-order valence-corrected chi connectivity index (χ3v) is 1.33. The number of alkyl halides is 1. The fraction of sp³-hybridized carbons (Fsp3) is 0.364. The number of nitrogens with zero attached hydrogens (tertiary/aromatic N) is 1. The van der Waals surface area contributed by atoms with Gasteiger partial charge in [0, 0.05) is 13.3 Å². The van der Waals surface area contributed by atoms with Crippen LogP contribution < -0.4 is 0 Å². The van der Waals surface area contributed by atoms with Gasteiger partial charge in [0.15, 0.2) is 0 Å². The Bertz CT molecular complexity index is 270. The summed E-state index contributed by atoms with van der Waals surface area (Å²) in [6.07, 6.45) is 5.41. The predicted molar refractivity (Wildman–Crippen MR) is 68.7 cm³/mol. The number of rotatable bonds is 0. The van der Waals surface area contributed by atoms with Gasteiger partial charge >= 0.3 is 0 Å². The zero-order valence-electron chi connectivity index (χ0n) is 10.2. The van der Waals surface area contributed by atoms with Gasteiger partial charge < -0.3 is 10.5 Å². The lowest BCUT2D eigenvalue weighted by atomic mass is 10.1. The highest BCUT2D eigenvalue weighted by Crippen LogP contribution is 2.07. The molecule has 1 aliphatic rings. The highest BCUT2D eigenvalue weighted by molar-refractivity contribution is 6.12. The SMILES string of the molecule is C/C=C1/N=CC(C)=CC1=N.C=N.CF.CO. The lowest BCUT2D eigenvalue weighted by molar-refractivity contribution is 0.399. The van der Waals surface area contributed by atoms with E-state index in [4.69, 9.17) is 15.9 Å². The van der Waals surface area contributed by atoms with Crippen molar-refractivity contribution in [2.24, 2.45) is 4.99 Å². The predicted octanol–water partition coefficient (Wildman–Crippen LogP) is 2.40. The normalized spacial score (nSPS) is 14.5. The summed E-state index contributed by atoms with van der Waals surface area (Å²) in [5.74, 6) is 0. The van der Waals surface area contributed by atoms with Crippen LogP contribution in [0.3, 0.4) is 0 Å². The number of aliphatic hydroxyl groups excluding tert-OH is 1. The molecule has 0 atom stereocenters. The number of halogens is 1. The number of hydrogen-bond donors (Lipinski definition) is 3. The molecule has 0 amide bonds. The minimum atomic E-state index is 0.500. The molecule has 0 radical (unpaired) electrons. The summed E-state index contributed by atoms with van der Waals surface area (Å²) in [6.45, 7) is 6.32. The van der Waals surface area contributed by atoms with E-state index in [0.29, 0.717) is 12.9 Å². The lowest BCUT2D eigenvalue weighted by Gasteiger charge is -2.04. The minimum Gasteiger partial charge on any atom is -0.400 e. The fourth-order valence-corrected chi connectivity index (χ4v) is 0.810. The van der Waals surface area contributed by atoms with Crippen molar-refractivity contribution >= 4 is 18.6 Å². The van der Waals surface area contributed by atoms with Crippen molar-refractivity contribution in [2.45, 2.75) is 13.8 Å². The van der Waals surface area contributed by atoms with Crippen molar-refractivity contribution in [3.05, 3.63) is 23.4 Å². The second kappa shape index (κ2) is 15.8. The Kier molecular flexibility index (Phi) is 19.7. The van der Waals surface area contributed by atoms with E-state index >= 15 is 0 Å². The third kappa shape index (κ3) is 8.96. The van der Waals surface area contributed by atoms with Crippen LogP contribution in [0.1, 0.15) is 13.8 Å². The van der Waals surface area contributed by atoms with E-state index in [-0.39, 0.29) is 0 Å². The molecule has 4 nitrogen and oxygen atoms in total. The molecular weight excluding hydrogens is 209 g/mol. The molecule has 0 spiro atoms. The van der Waals surface area contributed by atoms with Gasteiger partial charge in [-0.15, -0.1) is 0 Å². The van der Waals surface area contributed by atoms with Crippen LogP contribution in [-0.2, 0) is 0 Å². The second-order valence-electron chi connectivity index (χ2n) is 2.23. The van der Waals surface area contributed by atoms with Gasteiger partial charge in [-0.1, -0.05) is 6.08 Å². The van der Waals surface area contributed by atoms with Crippen molar-refractivity contribution in [1.82, 2.24) is 0 Å². The molecular formula is C11H20FN3O. The second-order valence-corrected chi connectivity index (χ2v) is 2.23. The standard InChI is InChI=1S/C8H10N2.CH3F.CH3N.CH4O/c1-3-8-7(9)4-6(2)5-10-8;3*1-2/h3-5,9H,1-2H3;1H3;2H,1H2;2H,1H3/b8-3+,9-7?;;;. The first-order valence-corrected chi connectivity index (χ1v) is 4.39. The molecule has 16 heavy (non-hydrogen) atoms. The Balaban J connectivity index is -0.000000245. The maximum Gasteiger partial charge on any atom is 0.0836 e. The molecule has 1 rings (SSSR count). The Morgan fingerprint density at radius 1 is 1.38 bits per heavy atom. The highest BCUT2D eigenvalue weighted by atomic mass is 19.1. The summed E-state index contributed by atoms with van der Waals surface area (Å²) in [4.78, 5) is 4.05. The Morgan fingerprint density at radius 2 is 1.81 bits per heavy atom. The average Bonchev–Trinajstić information content (AvgIpc) is 2.37. The van der Waals surface area contributed by atoms with Crippen LogP contribution in [0.5, 0.6) is 0 Å². The molecule has 1 heterocycles. The van der Waals surface area contributed by atoms with Gasteiger partial charge in [-0.25, -0.2) is 0 Å². The van der Waals surface area contributed by atoms with Gasteiger partial charge in [-0.2, -0.15) is 0 Å². The van der Waals surface area contributed by atoms with Crippen molar-refractivity contribution in [2.75, 3.05) is 14.3 Å². The van der Waals surface area contributed by atoms with E-state index < -0.39 is 0 Å². The van der Waals surface area contributed by atoms with Gasteiger partial charge in [-0.05, 0) is 32.2 Å². The largest absolute Gasteiger partial charge is 0.400 e. The summed E-state index contributed by atoms with van der Waals surface area (Å²) in [6, 6.07) is 0. The van der Waals surface area contributed by atoms with Crippen molar-refractivity contribution < 1.29 is 9.50 Å². The number of nitrogens with one attached hydrogen (secondary N) is 2. The van der Waals surface area contributed by atoms with Gasteiger partial charge in [0.25, 0.3) is 0 Å². The van der Waals surface area contributed by atoms with Crippen molar-refractivity contribution in [3.8, 4) is 0 Å². The van der Waals surface area contributed by atoms with E-state index in [1.54, 1.807) is 6.21 Å². The molecule has 0 fully saturated rings. The molecule has 0 aromatic carbocycles. The Morgan fingerprint density at radius 3 is 2.12 bits per heavy atom. The molecule has 0 saturated heterocycles. The van der Waals surface area contributed by atoms with Crippen LogP contribution in [-0.4, -0.2) is 38.0 Å². The minimum absolute atomic E-state index is 0.500. The van der Waals surface area contributed by atoms with Crippen LogP contribution >= 0.6 is 0 Å². The molecule has 0 unspecified atom stereocenters. The first kappa shape index (κ1) is 19.9. The van der Waals surface area contributed by atoms with E-state index in [1.165, 1.54) is 0 Å². The number of aliphatic imine (C=N–C) groups is 1. The molecule has 0 saturated carbocycles. The quantitative estimate of drug-likeness (QED) is 0.548. The maximum atomic E-state index is 9.50. The van der Waals surface area contributed by atoms with E-state index in [0.717, 1.165) is 18.4 Å². The monoisotopic (exact) mass is 229 g/mol. The summed E-state index contributed by atoms with van der Waals surface area (Å²) in [5.41, 5.74) is 2.30. The molecule has 5 heteroatoms. The molecule has 0 aromatic heterocycles. The van der Waals surface area contributed by atoms with Gasteiger partial charge in [-0.3, -0.25) is 14.8 Å². The van der Waals surface area contributed by atoms with Crippen LogP contribution in [0.4, 0.5) is 4.39 Å². The van der Waals surface area contributed by atoms with Crippen LogP contribution in [0.2, 0.25) is 0 Å². The Hall–Kier alpha value is -1.62. The highest BCUT2D eigenvalue weighted by Gasteiger charge is 2.02. The first-order chi connectivity index (χ1) is 7.74. The maximum absolute atomic E-state index is 9.50. The van der Waals surface area contributed by atoms with Gasteiger partial charge in [0.05, 0.1) is 18.6 Å². The number of hydrogen-bond acceptors (Lipinski definition) is 4. The first-order valence-electron chi connectivity index (χ1n) is 4.39. The van der Waals surface area contributed by atoms with Crippen LogP contribution in [0.25, 0.3) is 0 Å². The molecule has 1 aliphatic heterocycles. The van der Waals surface area contributed by atoms with Crippen molar-refractivity contribution in [3.63, 3.8) is 0 Å². The molecule has 3 N–H and O–H groups in total. The topological polar surface area (TPSA) is 80.3 Å². The summed E-state index contributed by atoms with van der Waals surface area (Å²) < 4.78 is 9.50. The fourth-order valence-electron chi connectivity index (χ4n) is 0.810. The molecule has 0 aliphatic carbocycles.